The van der Waals surface area contributed by atoms with Crippen molar-refractivity contribution in [2.45, 2.75) is 25.5 Å². The molecule has 132 valence electrons. The second-order valence-corrected chi connectivity index (χ2v) is 6.88. The second kappa shape index (κ2) is 7.89. The standard InChI is InChI=1S/C21H26N2O2/c1-2-4-21-20(3-1)24-16-19(25-21)10-9-17-5-7-18(8-6-17)15-23-13-11-22-12-14-23/h1-8,19,22H,9-16H2. The summed E-state index contributed by atoms with van der Waals surface area (Å²) in [5.41, 5.74) is 2.77. The van der Waals surface area contributed by atoms with Gasteiger partial charge >= 0.3 is 0 Å². The summed E-state index contributed by atoms with van der Waals surface area (Å²) in [6.45, 7) is 6.18. The normalized spacial score (nSPS) is 20.4. The smallest absolute Gasteiger partial charge is 0.161 e. The van der Waals surface area contributed by atoms with E-state index < -0.39 is 0 Å². The predicted molar refractivity (Wildman–Crippen MR) is 99.3 cm³/mol. The first-order chi connectivity index (χ1) is 12.4. The van der Waals surface area contributed by atoms with Crippen molar-refractivity contribution in [1.82, 2.24) is 10.2 Å². The Labute approximate surface area is 149 Å². The molecular weight excluding hydrogens is 312 g/mol. The average molecular weight is 338 g/mol. The highest BCUT2D eigenvalue weighted by molar-refractivity contribution is 5.40. The molecule has 4 nitrogen and oxygen atoms in total. The molecule has 0 radical (unpaired) electrons. The van der Waals surface area contributed by atoms with Crippen LogP contribution < -0.4 is 14.8 Å². The fraction of sp³-hybridized carbons (Fsp3) is 0.429. The van der Waals surface area contributed by atoms with Crippen LogP contribution in [-0.2, 0) is 13.0 Å². The van der Waals surface area contributed by atoms with Gasteiger partial charge in [0.2, 0.25) is 0 Å². The largest absolute Gasteiger partial charge is 0.486 e. The van der Waals surface area contributed by atoms with E-state index in [1.54, 1.807) is 0 Å². The molecule has 1 atom stereocenters. The average Bonchev–Trinajstić information content (AvgIpc) is 2.68. The lowest BCUT2D eigenvalue weighted by atomic mass is 10.0. The van der Waals surface area contributed by atoms with Crippen LogP contribution in [0.15, 0.2) is 48.5 Å². The zero-order valence-electron chi connectivity index (χ0n) is 14.6. The van der Waals surface area contributed by atoms with Crippen molar-refractivity contribution in [3.05, 3.63) is 59.7 Å². The number of fused-ring (bicyclic) bond motifs is 1. The Balaban J connectivity index is 1.27. The van der Waals surface area contributed by atoms with Gasteiger partial charge in [-0.2, -0.15) is 0 Å². The number of piperazine rings is 1. The van der Waals surface area contributed by atoms with Gasteiger partial charge < -0.3 is 14.8 Å². The van der Waals surface area contributed by atoms with Gasteiger partial charge in [0, 0.05) is 32.7 Å². The zero-order chi connectivity index (χ0) is 16.9. The molecule has 1 unspecified atom stereocenters. The van der Waals surface area contributed by atoms with Crippen LogP contribution in [0.1, 0.15) is 17.5 Å². The number of nitrogens with zero attached hydrogens (tertiary/aromatic N) is 1. The Morgan fingerprint density at radius 3 is 2.44 bits per heavy atom. The number of para-hydroxylation sites is 2. The van der Waals surface area contributed by atoms with E-state index in [9.17, 15) is 0 Å². The first kappa shape index (κ1) is 16.4. The summed E-state index contributed by atoms with van der Waals surface area (Å²) in [6, 6.07) is 17.0. The number of hydrogen-bond donors (Lipinski definition) is 1. The van der Waals surface area contributed by atoms with Gasteiger partial charge in [-0.25, -0.2) is 0 Å². The first-order valence-electron chi connectivity index (χ1n) is 9.26. The van der Waals surface area contributed by atoms with Crippen LogP contribution in [0.2, 0.25) is 0 Å². The minimum absolute atomic E-state index is 0.135. The van der Waals surface area contributed by atoms with Crippen molar-refractivity contribution < 1.29 is 9.47 Å². The maximum absolute atomic E-state index is 6.04. The molecule has 0 bridgehead atoms. The number of aryl methyl sites for hydroxylation is 1. The Morgan fingerprint density at radius 1 is 0.920 bits per heavy atom. The summed E-state index contributed by atoms with van der Waals surface area (Å²) in [5, 5.41) is 3.40. The van der Waals surface area contributed by atoms with Gasteiger partial charge in [-0.1, -0.05) is 36.4 Å². The zero-order valence-corrected chi connectivity index (χ0v) is 14.6. The lowest BCUT2D eigenvalue weighted by Gasteiger charge is -2.27. The minimum Gasteiger partial charge on any atom is -0.486 e. The summed E-state index contributed by atoms with van der Waals surface area (Å²) >= 11 is 0. The number of hydrogen-bond acceptors (Lipinski definition) is 4. The maximum atomic E-state index is 6.04. The van der Waals surface area contributed by atoms with E-state index in [4.69, 9.17) is 9.47 Å². The fourth-order valence-electron chi connectivity index (χ4n) is 3.47. The summed E-state index contributed by atoms with van der Waals surface area (Å²) < 4.78 is 11.8. The van der Waals surface area contributed by atoms with Crippen molar-refractivity contribution in [3.63, 3.8) is 0 Å². The molecule has 0 amide bonds. The van der Waals surface area contributed by atoms with E-state index in [-0.39, 0.29) is 6.10 Å². The molecule has 2 aliphatic heterocycles. The number of ether oxygens (including phenoxy) is 2. The monoisotopic (exact) mass is 338 g/mol. The molecular formula is C21H26N2O2. The number of rotatable bonds is 5. The summed E-state index contributed by atoms with van der Waals surface area (Å²) in [4.78, 5) is 2.51. The second-order valence-electron chi connectivity index (χ2n) is 6.88. The highest BCUT2D eigenvalue weighted by atomic mass is 16.6. The van der Waals surface area contributed by atoms with Crippen LogP contribution >= 0.6 is 0 Å². The van der Waals surface area contributed by atoms with E-state index in [1.807, 2.05) is 24.3 Å². The molecule has 1 N–H and O–H groups in total. The molecule has 2 aromatic rings. The van der Waals surface area contributed by atoms with Gasteiger partial charge in [0.1, 0.15) is 12.7 Å². The van der Waals surface area contributed by atoms with Crippen molar-refractivity contribution >= 4 is 0 Å². The van der Waals surface area contributed by atoms with Crippen LogP contribution in [0.5, 0.6) is 11.5 Å². The van der Waals surface area contributed by atoms with E-state index in [2.05, 4.69) is 34.5 Å². The molecule has 0 saturated carbocycles. The molecule has 0 aromatic heterocycles. The maximum Gasteiger partial charge on any atom is 0.161 e. The van der Waals surface area contributed by atoms with Crippen LogP contribution in [0.4, 0.5) is 0 Å². The molecule has 1 saturated heterocycles. The first-order valence-corrected chi connectivity index (χ1v) is 9.26. The Hall–Kier alpha value is -2.04. The van der Waals surface area contributed by atoms with E-state index in [1.165, 1.54) is 11.1 Å². The Morgan fingerprint density at radius 2 is 1.64 bits per heavy atom. The third-order valence-corrected chi connectivity index (χ3v) is 4.96. The summed E-state index contributed by atoms with van der Waals surface area (Å²) in [7, 11) is 0. The molecule has 0 aliphatic carbocycles. The molecule has 2 heterocycles. The third kappa shape index (κ3) is 4.33. The van der Waals surface area contributed by atoms with Crippen LogP contribution in [0.3, 0.4) is 0 Å². The number of benzene rings is 2. The van der Waals surface area contributed by atoms with Crippen LogP contribution in [-0.4, -0.2) is 43.8 Å². The third-order valence-electron chi connectivity index (χ3n) is 4.96. The topological polar surface area (TPSA) is 33.7 Å². The summed E-state index contributed by atoms with van der Waals surface area (Å²) in [6.07, 6.45) is 2.13. The van der Waals surface area contributed by atoms with Gasteiger partial charge in [-0.05, 0) is 36.1 Å². The highest BCUT2D eigenvalue weighted by Crippen LogP contribution is 2.31. The van der Waals surface area contributed by atoms with Gasteiger partial charge in [0.15, 0.2) is 11.5 Å². The van der Waals surface area contributed by atoms with E-state index in [0.29, 0.717) is 6.61 Å². The molecule has 25 heavy (non-hydrogen) atoms. The van der Waals surface area contributed by atoms with Crippen molar-refractivity contribution in [3.8, 4) is 11.5 Å². The quantitative estimate of drug-likeness (QED) is 0.909. The van der Waals surface area contributed by atoms with Gasteiger partial charge in [0.05, 0.1) is 0 Å². The Kier molecular flexibility index (Phi) is 5.19. The lowest BCUT2D eigenvalue weighted by molar-refractivity contribution is 0.0851. The molecule has 4 heteroatoms. The molecule has 4 rings (SSSR count). The van der Waals surface area contributed by atoms with Gasteiger partial charge in [0.25, 0.3) is 0 Å². The van der Waals surface area contributed by atoms with E-state index >= 15 is 0 Å². The highest BCUT2D eigenvalue weighted by Gasteiger charge is 2.20. The Bertz CT molecular complexity index is 681. The molecule has 2 aromatic carbocycles. The minimum atomic E-state index is 0.135. The summed E-state index contributed by atoms with van der Waals surface area (Å²) in [5.74, 6) is 1.72. The predicted octanol–water partition coefficient (Wildman–Crippen LogP) is 2.86. The van der Waals surface area contributed by atoms with Crippen molar-refractivity contribution in [1.29, 1.82) is 0 Å². The molecule has 0 spiro atoms. The lowest BCUT2D eigenvalue weighted by Crippen LogP contribution is -2.42. The van der Waals surface area contributed by atoms with Crippen LogP contribution in [0, 0.1) is 0 Å². The number of nitrogens with one attached hydrogen (secondary N) is 1. The van der Waals surface area contributed by atoms with Crippen molar-refractivity contribution in [2.75, 3.05) is 32.8 Å². The van der Waals surface area contributed by atoms with Crippen LogP contribution in [0.25, 0.3) is 0 Å². The molecule has 1 fully saturated rings. The van der Waals surface area contributed by atoms with E-state index in [0.717, 1.165) is 57.1 Å². The SMILES string of the molecule is c1ccc2c(c1)OCC(CCc1ccc(CN3CCNCC3)cc1)O2. The van der Waals surface area contributed by atoms with Crippen molar-refractivity contribution in [2.24, 2.45) is 0 Å². The molecule has 2 aliphatic rings. The fourth-order valence-corrected chi connectivity index (χ4v) is 3.47. The van der Waals surface area contributed by atoms with Gasteiger partial charge in [-0.3, -0.25) is 4.90 Å². The van der Waals surface area contributed by atoms with Gasteiger partial charge in [-0.15, -0.1) is 0 Å².